The van der Waals surface area contributed by atoms with Crippen LogP contribution in [0.3, 0.4) is 0 Å². The van der Waals surface area contributed by atoms with Crippen LogP contribution in [0, 0.1) is 5.82 Å². The van der Waals surface area contributed by atoms with Crippen molar-refractivity contribution >= 4 is 5.69 Å². The zero-order chi connectivity index (χ0) is 13.7. The molecule has 3 nitrogen and oxygen atoms in total. The number of hydrogen-bond acceptors (Lipinski definition) is 3. The van der Waals surface area contributed by atoms with Gasteiger partial charge in [0.2, 0.25) is 0 Å². The lowest BCUT2D eigenvalue weighted by molar-refractivity contribution is 0.0846. The number of halogens is 1. The molecule has 0 aliphatic carbocycles. The summed E-state index contributed by atoms with van der Waals surface area (Å²) in [6.45, 7) is 7.11. The Balaban J connectivity index is 2.78. The van der Waals surface area contributed by atoms with Crippen molar-refractivity contribution in [2.45, 2.75) is 32.9 Å². The van der Waals surface area contributed by atoms with E-state index >= 15 is 0 Å². The molecule has 0 saturated heterocycles. The quantitative estimate of drug-likeness (QED) is 0.848. The van der Waals surface area contributed by atoms with Crippen molar-refractivity contribution in [3.8, 4) is 0 Å². The fourth-order valence-corrected chi connectivity index (χ4v) is 1.86. The van der Waals surface area contributed by atoms with Crippen molar-refractivity contribution in [1.82, 2.24) is 0 Å². The van der Waals surface area contributed by atoms with E-state index < -0.39 is 0 Å². The predicted octanol–water partition coefficient (Wildman–Crippen LogP) is 2.71. The molecule has 0 saturated carbocycles. The van der Waals surface area contributed by atoms with Gasteiger partial charge in [-0.1, -0.05) is 6.07 Å². The summed E-state index contributed by atoms with van der Waals surface area (Å²) in [7, 11) is 1.92. The topological polar surface area (TPSA) is 38.5 Å². The number of anilines is 1. The zero-order valence-electron chi connectivity index (χ0n) is 11.6. The average molecular weight is 254 g/mol. The molecule has 0 amide bonds. The van der Waals surface area contributed by atoms with E-state index in [4.69, 9.17) is 10.5 Å². The average Bonchev–Trinajstić information content (AvgIpc) is 2.27. The molecule has 102 valence electrons. The third-order valence-electron chi connectivity index (χ3n) is 2.77. The fourth-order valence-electron chi connectivity index (χ4n) is 1.86. The molecule has 18 heavy (non-hydrogen) atoms. The monoisotopic (exact) mass is 254 g/mol. The largest absolute Gasteiger partial charge is 0.377 e. The van der Waals surface area contributed by atoms with Crippen LogP contribution < -0.4 is 10.6 Å². The van der Waals surface area contributed by atoms with Crippen molar-refractivity contribution in [1.29, 1.82) is 0 Å². The van der Waals surface area contributed by atoms with Gasteiger partial charge in [0.1, 0.15) is 5.82 Å². The van der Waals surface area contributed by atoms with Gasteiger partial charge < -0.3 is 15.4 Å². The summed E-state index contributed by atoms with van der Waals surface area (Å²) in [6, 6.07) is 4.71. The maximum Gasteiger partial charge on any atom is 0.130 e. The first-order chi connectivity index (χ1) is 8.43. The highest BCUT2D eigenvalue weighted by Gasteiger charge is 2.15. The SMILES string of the molecule is CC(C)OCCN(C)c1cccc(F)c1C(C)N. The van der Waals surface area contributed by atoms with Crippen LogP contribution in [0.1, 0.15) is 32.4 Å². The van der Waals surface area contributed by atoms with Gasteiger partial charge in [0.25, 0.3) is 0 Å². The molecule has 1 rings (SSSR count). The Labute approximate surface area is 109 Å². The minimum atomic E-state index is -0.324. The molecule has 0 aliphatic rings. The van der Waals surface area contributed by atoms with Gasteiger partial charge >= 0.3 is 0 Å². The van der Waals surface area contributed by atoms with Gasteiger partial charge in [-0.15, -0.1) is 0 Å². The second-order valence-electron chi connectivity index (χ2n) is 4.80. The summed E-state index contributed by atoms with van der Waals surface area (Å²) in [5.41, 5.74) is 7.22. The van der Waals surface area contributed by atoms with Crippen LogP contribution in [0.4, 0.5) is 10.1 Å². The van der Waals surface area contributed by atoms with Gasteiger partial charge in [0, 0.05) is 30.9 Å². The van der Waals surface area contributed by atoms with E-state index in [1.165, 1.54) is 6.07 Å². The highest BCUT2D eigenvalue weighted by atomic mass is 19.1. The number of ether oxygens (including phenoxy) is 1. The molecule has 4 heteroatoms. The third-order valence-corrected chi connectivity index (χ3v) is 2.77. The maximum absolute atomic E-state index is 13.8. The minimum Gasteiger partial charge on any atom is -0.377 e. The van der Waals surface area contributed by atoms with Gasteiger partial charge in [0.15, 0.2) is 0 Å². The lowest BCUT2D eigenvalue weighted by Gasteiger charge is -2.24. The Morgan fingerprint density at radius 3 is 2.56 bits per heavy atom. The summed E-state index contributed by atoms with van der Waals surface area (Å²) < 4.78 is 19.3. The van der Waals surface area contributed by atoms with Crippen LogP contribution in [-0.2, 0) is 4.74 Å². The molecule has 0 fully saturated rings. The van der Waals surface area contributed by atoms with Crippen LogP contribution in [0.2, 0.25) is 0 Å². The first-order valence-corrected chi connectivity index (χ1v) is 6.30. The molecular weight excluding hydrogens is 231 g/mol. The Kier molecular flexibility index (Phi) is 5.56. The molecule has 2 N–H and O–H groups in total. The minimum absolute atomic E-state index is 0.207. The molecule has 1 aromatic carbocycles. The van der Waals surface area contributed by atoms with Gasteiger partial charge in [0.05, 0.1) is 12.7 Å². The molecule has 1 atom stereocenters. The summed E-state index contributed by atoms with van der Waals surface area (Å²) in [4.78, 5) is 1.98. The first-order valence-electron chi connectivity index (χ1n) is 6.30. The van der Waals surface area contributed by atoms with E-state index in [2.05, 4.69) is 0 Å². The molecule has 0 bridgehead atoms. The molecule has 0 radical (unpaired) electrons. The van der Waals surface area contributed by atoms with E-state index in [1.54, 1.807) is 13.0 Å². The van der Waals surface area contributed by atoms with Crippen molar-refractivity contribution in [2.75, 3.05) is 25.1 Å². The van der Waals surface area contributed by atoms with Crippen LogP contribution in [0.15, 0.2) is 18.2 Å². The predicted molar refractivity (Wildman–Crippen MR) is 73.4 cm³/mol. The molecule has 0 aromatic heterocycles. The smallest absolute Gasteiger partial charge is 0.130 e. The highest BCUT2D eigenvalue weighted by Crippen LogP contribution is 2.26. The second-order valence-corrected chi connectivity index (χ2v) is 4.80. The molecule has 0 heterocycles. The van der Waals surface area contributed by atoms with E-state index in [0.717, 1.165) is 5.69 Å². The van der Waals surface area contributed by atoms with E-state index in [1.807, 2.05) is 31.9 Å². The number of nitrogens with two attached hydrogens (primary N) is 1. The Morgan fingerprint density at radius 1 is 1.33 bits per heavy atom. The van der Waals surface area contributed by atoms with Crippen LogP contribution in [-0.4, -0.2) is 26.3 Å². The van der Waals surface area contributed by atoms with Crippen molar-refractivity contribution < 1.29 is 9.13 Å². The number of nitrogens with zero attached hydrogens (tertiary/aromatic N) is 1. The van der Waals surface area contributed by atoms with Gasteiger partial charge in [-0.2, -0.15) is 0 Å². The molecule has 0 aliphatic heterocycles. The molecule has 1 unspecified atom stereocenters. The van der Waals surface area contributed by atoms with Crippen molar-refractivity contribution in [2.24, 2.45) is 5.73 Å². The van der Waals surface area contributed by atoms with E-state index in [9.17, 15) is 4.39 Å². The molecule has 1 aromatic rings. The Morgan fingerprint density at radius 2 is 2.00 bits per heavy atom. The summed E-state index contributed by atoms with van der Waals surface area (Å²) in [6.07, 6.45) is 0.207. The normalized spacial score (nSPS) is 12.8. The molecule has 0 spiro atoms. The van der Waals surface area contributed by atoms with Crippen molar-refractivity contribution in [3.63, 3.8) is 0 Å². The number of rotatable bonds is 6. The number of hydrogen-bond donors (Lipinski definition) is 1. The first kappa shape index (κ1) is 14.9. The second kappa shape index (κ2) is 6.71. The summed E-state index contributed by atoms with van der Waals surface area (Å²) in [5.74, 6) is -0.251. The van der Waals surface area contributed by atoms with Gasteiger partial charge in [-0.05, 0) is 32.9 Å². The molecular formula is C14H23FN2O. The maximum atomic E-state index is 13.8. The number of likely N-dealkylation sites (N-methyl/N-ethyl adjacent to an activating group) is 1. The zero-order valence-corrected chi connectivity index (χ0v) is 11.6. The summed E-state index contributed by atoms with van der Waals surface area (Å²) >= 11 is 0. The van der Waals surface area contributed by atoms with E-state index in [-0.39, 0.29) is 18.0 Å². The highest BCUT2D eigenvalue weighted by molar-refractivity contribution is 5.54. The van der Waals surface area contributed by atoms with Gasteiger partial charge in [-0.25, -0.2) is 4.39 Å². The Bertz CT molecular complexity index is 380. The standard InChI is InChI=1S/C14H23FN2O/c1-10(2)18-9-8-17(4)13-7-5-6-12(15)14(13)11(3)16/h5-7,10-11H,8-9,16H2,1-4H3. The van der Waals surface area contributed by atoms with Crippen LogP contribution in [0.25, 0.3) is 0 Å². The fraction of sp³-hybridized carbons (Fsp3) is 0.571. The van der Waals surface area contributed by atoms with Gasteiger partial charge in [-0.3, -0.25) is 0 Å². The third kappa shape index (κ3) is 3.96. The Hall–Kier alpha value is -1.13. The lowest BCUT2D eigenvalue weighted by atomic mass is 10.1. The lowest BCUT2D eigenvalue weighted by Crippen LogP contribution is -2.26. The van der Waals surface area contributed by atoms with E-state index in [0.29, 0.717) is 18.7 Å². The van der Waals surface area contributed by atoms with Crippen molar-refractivity contribution in [3.05, 3.63) is 29.6 Å². The van der Waals surface area contributed by atoms with Crippen LogP contribution in [0.5, 0.6) is 0 Å². The summed E-state index contributed by atoms with van der Waals surface area (Å²) in [5, 5.41) is 0. The van der Waals surface area contributed by atoms with Crippen LogP contribution >= 0.6 is 0 Å². The number of benzene rings is 1.